The Balaban J connectivity index is 0. The molecule has 0 heterocycles. The summed E-state index contributed by atoms with van der Waals surface area (Å²) in [6.45, 7) is 4.10. The molecule has 2 N–H and O–H groups in total. The van der Waals surface area contributed by atoms with E-state index in [4.69, 9.17) is 16.7 Å². The van der Waals surface area contributed by atoms with Crippen LogP contribution in [0.25, 0.3) is 0 Å². The van der Waals surface area contributed by atoms with E-state index in [0.717, 1.165) is 12.8 Å². The molecule has 0 aromatic heterocycles. The van der Waals surface area contributed by atoms with Crippen LogP contribution in [0.1, 0.15) is 39.5 Å². The van der Waals surface area contributed by atoms with Crippen molar-refractivity contribution in [1.82, 2.24) is 5.32 Å². The van der Waals surface area contributed by atoms with Crippen LogP contribution in [0.5, 0.6) is 0 Å². The molecule has 0 radical (unpaired) electrons. The van der Waals surface area contributed by atoms with Gasteiger partial charge in [-0.3, -0.25) is 0 Å². The Kier molecular flexibility index (Phi) is 10.9. The topological polar surface area (TPSA) is 49.3 Å². The Bertz CT molecular complexity index is 156. The van der Waals surface area contributed by atoms with E-state index < -0.39 is 11.6 Å². The van der Waals surface area contributed by atoms with Gasteiger partial charge in [-0.05, 0) is 12.3 Å². The maximum Gasteiger partial charge on any atom is 0.405 e. The molecule has 0 fully saturated rings. The molecule has 14 heavy (non-hydrogen) atoms. The number of alkyl halides is 1. The number of rotatable bonds is 6. The van der Waals surface area contributed by atoms with E-state index in [0.29, 0.717) is 0 Å². The van der Waals surface area contributed by atoms with Crippen LogP contribution in [0, 0.1) is 5.92 Å². The highest BCUT2D eigenvalue weighted by atomic mass is 35.5. The van der Waals surface area contributed by atoms with E-state index in [9.17, 15) is 4.79 Å². The van der Waals surface area contributed by atoms with Gasteiger partial charge in [0.25, 0.3) is 0 Å². The summed E-state index contributed by atoms with van der Waals surface area (Å²) in [5, 5.41) is 10.7. The van der Waals surface area contributed by atoms with Crippen LogP contribution >= 0.6 is 24.0 Å². The molecule has 0 spiro atoms. The lowest BCUT2D eigenvalue weighted by molar-refractivity contribution is 0.190. The van der Waals surface area contributed by atoms with Crippen molar-refractivity contribution in [1.29, 1.82) is 0 Å². The summed E-state index contributed by atoms with van der Waals surface area (Å²) in [5.41, 5.74) is -0.464. The molecule has 0 aliphatic heterocycles. The molecule has 2 atom stereocenters. The number of carbonyl (C=O) groups is 1. The van der Waals surface area contributed by atoms with Crippen molar-refractivity contribution >= 4 is 30.1 Å². The molecule has 0 aliphatic carbocycles. The second-order valence-corrected chi connectivity index (χ2v) is 3.79. The highest BCUT2D eigenvalue weighted by Crippen LogP contribution is 2.15. The van der Waals surface area contributed by atoms with Crippen molar-refractivity contribution in [3.05, 3.63) is 0 Å². The van der Waals surface area contributed by atoms with E-state index in [1.54, 1.807) is 0 Å². The van der Waals surface area contributed by atoms with E-state index in [1.165, 1.54) is 12.8 Å². The normalized spacial score (nSPS) is 13.9. The Morgan fingerprint density at radius 2 is 2.07 bits per heavy atom. The number of hydrogen-bond donors (Lipinski definition) is 2. The van der Waals surface area contributed by atoms with Crippen LogP contribution in [-0.4, -0.2) is 16.7 Å². The fourth-order valence-electron chi connectivity index (χ4n) is 1.12. The second-order valence-electron chi connectivity index (χ2n) is 3.32. The third-order valence-electron chi connectivity index (χ3n) is 2.02. The molecule has 1 amide bonds. The van der Waals surface area contributed by atoms with Gasteiger partial charge in [-0.2, -0.15) is 0 Å². The first kappa shape index (κ1) is 16.3. The van der Waals surface area contributed by atoms with Gasteiger partial charge in [0.1, 0.15) is 5.50 Å². The number of amides is 1. The molecule has 0 aromatic rings. The highest BCUT2D eigenvalue weighted by Gasteiger charge is 2.15. The van der Waals surface area contributed by atoms with Crippen LogP contribution in [0.3, 0.4) is 0 Å². The lowest BCUT2D eigenvalue weighted by atomic mass is 10.0. The molecule has 5 heteroatoms. The highest BCUT2D eigenvalue weighted by molar-refractivity contribution is 6.21. The summed E-state index contributed by atoms with van der Waals surface area (Å²) in [6.07, 6.45) is 3.39. The van der Waals surface area contributed by atoms with Crippen LogP contribution in [0.2, 0.25) is 0 Å². The van der Waals surface area contributed by atoms with Gasteiger partial charge in [-0.1, -0.05) is 44.7 Å². The summed E-state index contributed by atoms with van der Waals surface area (Å²) in [4.78, 5) is 10.2. The third-order valence-corrected chi connectivity index (χ3v) is 2.56. The number of nitrogens with one attached hydrogen (secondary N) is 1. The first-order chi connectivity index (χ1) is 6.07. The van der Waals surface area contributed by atoms with Crippen molar-refractivity contribution in [2.24, 2.45) is 5.92 Å². The van der Waals surface area contributed by atoms with Gasteiger partial charge in [0.15, 0.2) is 0 Å². The standard InChI is InChI=1S/C9H18ClNO2.ClH/c1-3-4-5-6-7(2)8(10)11-9(12)13;/h7-8,11H,3-6H2,1-2H3,(H,12,13);1H. The molecule has 0 bridgehead atoms. The van der Waals surface area contributed by atoms with Crippen molar-refractivity contribution in [2.45, 2.75) is 45.0 Å². The van der Waals surface area contributed by atoms with Gasteiger partial charge in [0.2, 0.25) is 0 Å². The minimum absolute atomic E-state index is 0. The summed E-state index contributed by atoms with van der Waals surface area (Å²) >= 11 is 5.81. The summed E-state index contributed by atoms with van der Waals surface area (Å²) in [5.74, 6) is 0.198. The van der Waals surface area contributed by atoms with Gasteiger partial charge in [0.05, 0.1) is 0 Å². The predicted molar refractivity (Wildman–Crippen MR) is 61.4 cm³/mol. The monoisotopic (exact) mass is 243 g/mol. The fourth-order valence-corrected chi connectivity index (χ4v) is 1.34. The summed E-state index contributed by atoms with van der Waals surface area (Å²) in [6, 6.07) is 0. The molecule has 0 aromatic carbocycles. The molecule has 0 aliphatic rings. The maximum absolute atomic E-state index is 10.2. The zero-order valence-electron chi connectivity index (χ0n) is 8.62. The molecule has 3 nitrogen and oxygen atoms in total. The molecule has 86 valence electrons. The second kappa shape index (κ2) is 9.41. The maximum atomic E-state index is 10.2. The van der Waals surface area contributed by atoms with Crippen molar-refractivity contribution in [2.75, 3.05) is 0 Å². The van der Waals surface area contributed by atoms with Crippen molar-refractivity contribution in [3.63, 3.8) is 0 Å². The van der Waals surface area contributed by atoms with E-state index in [1.807, 2.05) is 6.92 Å². The zero-order chi connectivity index (χ0) is 10.3. The number of carboxylic acid groups (broad SMARTS) is 1. The molecule has 0 saturated carbocycles. The van der Waals surface area contributed by atoms with Crippen LogP contribution in [0.4, 0.5) is 4.79 Å². The van der Waals surface area contributed by atoms with Gasteiger partial charge in [-0.15, -0.1) is 12.4 Å². The largest absolute Gasteiger partial charge is 0.465 e. The Labute approximate surface area is 96.6 Å². The molecular weight excluding hydrogens is 225 g/mol. The van der Waals surface area contributed by atoms with Gasteiger partial charge < -0.3 is 10.4 Å². The zero-order valence-corrected chi connectivity index (χ0v) is 10.2. The first-order valence-corrected chi connectivity index (χ1v) is 5.15. The van der Waals surface area contributed by atoms with Gasteiger partial charge in [0, 0.05) is 0 Å². The van der Waals surface area contributed by atoms with E-state index in [-0.39, 0.29) is 18.3 Å². The van der Waals surface area contributed by atoms with Crippen LogP contribution < -0.4 is 5.32 Å². The molecular formula is C9H19Cl2NO2. The van der Waals surface area contributed by atoms with Crippen LogP contribution in [0.15, 0.2) is 0 Å². The lowest BCUT2D eigenvalue weighted by Crippen LogP contribution is -2.34. The molecule has 2 unspecified atom stereocenters. The fraction of sp³-hybridized carbons (Fsp3) is 0.889. The van der Waals surface area contributed by atoms with E-state index >= 15 is 0 Å². The summed E-state index contributed by atoms with van der Waals surface area (Å²) < 4.78 is 0. The molecule has 0 saturated heterocycles. The average molecular weight is 244 g/mol. The van der Waals surface area contributed by atoms with Gasteiger partial charge >= 0.3 is 6.09 Å². The number of halogens is 2. The Hall–Kier alpha value is -0.150. The quantitative estimate of drug-likeness (QED) is 0.427. The van der Waals surface area contributed by atoms with Gasteiger partial charge in [-0.25, -0.2) is 4.79 Å². The minimum Gasteiger partial charge on any atom is -0.465 e. The lowest BCUT2D eigenvalue weighted by Gasteiger charge is -2.17. The third kappa shape index (κ3) is 8.45. The summed E-state index contributed by atoms with van der Waals surface area (Å²) in [7, 11) is 0. The SMILES string of the molecule is CCCCCC(C)C(Cl)NC(=O)O.Cl. The van der Waals surface area contributed by atoms with Crippen LogP contribution in [-0.2, 0) is 0 Å². The minimum atomic E-state index is -1.05. The van der Waals surface area contributed by atoms with E-state index in [2.05, 4.69) is 12.2 Å². The Morgan fingerprint density at radius 3 is 2.50 bits per heavy atom. The predicted octanol–water partition coefficient (Wildman–Crippen LogP) is 3.46. The average Bonchev–Trinajstić information content (AvgIpc) is 2.03. The molecule has 0 rings (SSSR count). The Morgan fingerprint density at radius 1 is 1.50 bits per heavy atom. The smallest absolute Gasteiger partial charge is 0.405 e. The van der Waals surface area contributed by atoms with Crippen molar-refractivity contribution in [3.8, 4) is 0 Å². The number of unbranched alkanes of at least 4 members (excludes halogenated alkanes) is 2. The van der Waals surface area contributed by atoms with Crippen molar-refractivity contribution < 1.29 is 9.90 Å². The number of hydrogen-bond acceptors (Lipinski definition) is 1. The first-order valence-electron chi connectivity index (χ1n) is 4.71.